The van der Waals surface area contributed by atoms with Gasteiger partial charge in [-0.15, -0.1) is 11.8 Å². The monoisotopic (exact) mass is 389 g/mol. The number of hydrogen-bond acceptors (Lipinski definition) is 2. The molecule has 1 heterocycles. The van der Waals surface area contributed by atoms with Gasteiger partial charge in [0.25, 0.3) is 0 Å². The number of thioether (sulfide) groups is 1. The number of alkyl halides is 4. The van der Waals surface area contributed by atoms with Crippen LogP contribution < -0.4 is 0 Å². The third-order valence-corrected chi connectivity index (χ3v) is 4.58. The highest BCUT2D eigenvalue weighted by atomic mass is 79.9. The second-order valence-corrected chi connectivity index (χ2v) is 6.55. The van der Waals surface area contributed by atoms with Crippen molar-refractivity contribution in [2.24, 2.45) is 0 Å². The van der Waals surface area contributed by atoms with Gasteiger partial charge in [0.1, 0.15) is 0 Å². The molecule has 0 bridgehead atoms. The summed E-state index contributed by atoms with van der Waals surface area (Å²) in [5.41, 5.74) is -0.276. The Morgan fingerprint density at radius 3 is 2.64 bits per heavy atom. The number of benzene rings is 1. The van der Waals surface area contributed by atoms with Crippen LogP contribution in [-0.2, 0) is 6.18 Å². The van der Waals surface area contributed by atoms with E-state index in [1.807, 2.05) is 6.07 Å². The summed E-state index contributed by atoms with van der Waals surface area (Å²) < 4.78 is 38.2. The zero-order valence-corrected chi connectivity index (χ0v) is 14.1. The van der Waals surface area contributed by atoms with Gasteiger partial charge >= 0.3 is 6.18 Å². The molecule has 0 saturated carbocycles. The SMILES string of the molecule is FC(F)(F)c1ccc2c(SCCC=CCCBr)ccnc2c1. The van der Waals surface area contributed by atoms with Gasteiger partial charge in [0.2, 0.25) is 0 Å². The van der Waals surface area contributed by atoms with Crippen LogP contribution in [0.15, 0.2) is 47.5 Å². The number of rotatable bonds is 6. The fraction of sp³-hybridized carbons (Fsp3) is 0.312. The van der Waals surface area contributed by atoms with Crippen LogP contribution >= 0.6 is 27.7 Å². The highest BCUT2D eigenvalue weighted by Gasteiger charge is 2.30. The number of pyridine rings is 1. The van der Waals surface area contributed by atoms with Gasteiger partial charge < -0.3 is 0 Å². The van der Waals surface area contributed by atoms with Crippen LogP contribution in [0.25, 0.3) is 10.9 Å². The van der Waals surface area contributed by atoms with Crippen LogP contribution in [0.4, 0.5) is 13.2 Å². The van der Waals surface area contributed by atoms with Gasteiger partial charge in [-0.2, -0.15) is 13.2 Å². The van der Waals surface area contributed by atoms with Crippen LogP contribution in [0.5, 0.6) is 0 Å². The first-order valence-electron chi connectivity index (χ1n) is 6.82. The summed E-state index contributed by atoms with van der Waals surface area (Å²) in [6, 6.07) is 5.58. The van der Waals surface area contributed by atoms with Gasteiger partial charge in [0.05, 0.1) is 11.1 Å². The van der Waals surface area contributed by atoms with Crippen molar-refractivity contribution in [3.63, 3.8) is 0 Å². The predicted octanol–water partition coefficient (Wildman–Crippen LogP) is 6.08. The average Bonchev–Trinajstić information content (AvgIpc) is 2.49. The summed E-state index contributed by atoms with van der Waals surface area (Å²) in [5, 5.41) is 1.72. The fourth-order valence-corrected chi connectivity index (χ4v) is 3.18. The van der Waals surface area contributed by atoms with E-state index in [-0.39, 0.29) is 0 Å². The average molecular weight is 390 g/mol. The van der Waals surface area contributed by atoms with E-state index < -0.39 is 11.7 Å². The molecule has 0 atom stereocenters. The van der Waals surface area contributed by atoms with Crippen molar-refractivity contribution in [1.29, 1.82) is 0 Å². The Bertz CT molecular complexity index is 655. The van der Waals surface area contributed by atoms with Crippen molar-refractivity contribution >= 4 is 38.6 Å². The molecule has 0 unspecified atom stereocenters. The quantitative estimate of drug-likeness (QED) is 0.257. The van der Waals surface area contributed by atoms with Gasteiger partial charge in [-0.05, 0) is 31.0 Å². The molecule has 0 aliphatic carbocycles. The second kappa shape index (κ2) is 8.02. The number of hydrogen-bond donors (Lipinski definition) is 0. The summed E-state index contributed by atoms with van der Waals surface area (Å²) in [6.45, 7) is 0. The number of nitrogens with zero attached hydrogens (tertiary/aromatic N) is 1. The molecule has 0 aliphatic rings. The Balaban J connectivity index is 2.11. The number of aromatic nitrogens is 1. The summed E-state index contributed by atoms with van der Waals surface area (Å²) in [5.74, 6) is 0.888. The molecule has 22 heavy (non-hydrogen) atoms. The highest BCUT2D eigenvalue weighted by Crippen LogP contribution is 2.33. The Hall–Kier alpha value is -1.01. The normalized spacial score (nSPS) is 12.4. The first-order chi connectivity index (χ1) is 10.5. The molecule has 2 aromatic rings. The van der Waals surface area contributed by atoms with Crippen LogP contribution in [0, 0.1) is 0 Å². The lowest BCUT2D eigenvalue weighted by atomic mass is 10.1. The van der Waals surface area contributed by atoms with E-state index in [2.05, 4.69) is 33.1 Å². The maximum atomic E-state index is 12.7. The van der Waals surface area contributed by atoms with E-state index >= 15 is 0 Å². The maximum absolute atomic E-state index is 12.7. The molecule has 1 aromatic heterocycles. The number of fused-ring (bicyclic) bond motifs is 1. The molecule has 6 heteroatoms. The smallest absolute Gasteiger partial charge is 0.256 e. The van der Waals surface area contributed by atoms with Crippen molar-refractivity contribution in [3.8, 4) is 0 Å². The third kappa shape index (κ3) is 4.74. The minimum absolute atomic E-state index is 0.384. The Morgan fingerprint density at radius 2 is 1.91 bits per heavy atom. The molecule has 0 spiro atoms. The minimum Gasteiger partial charge on any atom is -0.256 e. The van der Waals surface area contributed by atoms with Crippen molar-refractivity contribution in [3.05, 3.63) is 48.2 Å². The van der Waals surface area contributed by atoms with E-state index in [4.69, 9.17) is 0 Å². The second-order valence-electron chi connectivity index (χ2n) is 4.62. The molecule has 0 saturated heterocycles. The van der Waals surface area contributed by atoms with Crippen LogP contribution in [0.2, 0.25) is 0 Å². The van der Waals surface area contributed by atoms with Gasteiger partial charge in [0.15, 0.2) is 0 Å². The topological polar surface area (TPSA) is 12.9 Å². The molecule has 0 aliphatic heterocycles. The molecule has 0 N–H and O–H groups in total. The van der Waals surface area contributed by atoms with Crippen molar-refractivity contribution in [2.75, 3.05) is 11.1 Å². The van der Waals surface area contributed by atoms with E-state index in [1.165, 1.54) is 6.07 Å². The van der Waals surface area contributed by atoms with E-state index in [1.54, 1.807) is 18.0 Å². The molecule has 2 rings (SSSR count). The molecule has 0 amide bonds. The van der Waals surface area contributed by atoms with Gasteiger partial charge in [-0.1, -0.05) is 34.1 Å². The lowest BCUT2D eigenvalue weighted by molar-refractivity contribution is -0.137. The zero-order chi connectivity index (χ0) is 16.0. The lowest BCUT2D eigenvalue weighted by Crippen LogP contribution is -2.04. The Kier molecular flexibility index (Phi) is 6.32. The largest absolute Gasteiger partial charge is 0.416 e. The molecular formula is C16H15BrF3NS. The molecule has 118 valence electrons. The Labute approximate surface area is 140 Å². The fourth-order valence-electron chi connectivity index (χ4n) is 1.96. The van der Waals surface area contributed by atoms with E-state index in [9.17, 15) is 13.2 Å². The van der Waals surface area contributed by atoms with Gasteiger partial charge in [-0.25, -0.2) is 0 Å². The first-order valence-corrected chi connectivity index (χ1v) is 8.93. The van der Waals surface area contributed by atoms with Crippen molar-refractivity contribution < 1.29 is 13.2 Å². The predicted molar refractivity (Wildman–Crippen MR) is 89.6 cm³/mol. The van der Waals surface area contributed by atoms with Crippen molar-refractivity contribution in [2.45, 2.75) is 23.9 Å². The Morgan fingerprint density at radius 1 is 1.14 bits per heavy atom. The van der Waals surface area contributed by atoms with E-state index in [0.717, 1.165) is 46.3 Å². The van der Waals surface area contributed by atoms with Crippen molar-refractivity contribution in [1.82, 2.24) is 4.98 Å². The molecule has 1 nitrogen and oxygen atoms in total. The van der Waals surface area contributed by atoms with Crippen LogP contribution in [0.1, 0.15) is 18.4 Å². The van der Waals surface area contributed by atoms with Crippen LogP contribution in [-0.4, -0.2) is 16.1 Å². The standard InChI is InChI=1S/C16H15BrF3NS/c17-8-3-1-2-4-10-22-15-7-9-21-14-11-12(16(18,19)20)5-6-13(14)15/h1-2,5-7,9,11H,3-4,8,10H2. The lowest BCUT2D eigenvalue weighted by Gasteiger charge is -2.09. The van der Waals surface area contributed by atoms with Gasteiger partial charge in [-0.3, -0.25) is 4.98 Å². The zero-order valence-electron chi connectivity index (χ0n) is 11.7. The molecule has 0 fully saturated rings. The summed E-state index contributed by atoms with van der Waals surface area (Å²) >= 11 is 5.00. The maximum Gasteiger partial charge on any atom is 0.416 e. The summed E-state index contributed by atoms with van der Waals surface area (Å²) in [6.07, 6.45) is 3.41. The molecule has 1 aromatic carbocycles. The number of allylic oxidation sites excluding steroid dienone is 2. The first kappa shape index (κ1) is 17.3. The van der Waals surface area contributed by atoms with Gasteiger partial charge in [0, 0.05) is 27.6 Å². The summed E-state index contributed by atoms with van der Waals surface area (Å²) in [4.78, 5) is 5.02. The summed E-state index contributed by atoms with van der Waals surface area (Å²) in [7, 11) is 0. The number of halogens is 4. The molecular weight excluding hydrogens is 375 g/mol. The van der Waals surface area contributed by atoms with Crippen LogP contribution in [0.3, 0.4) is 0 Å². The minimum atomic E-state index is -4.33. The van der Waals surface area contributed by atoms with E-state index in [0.29, 0.717) is 5.52 Å². The highest BCUT2D eigenvalue weighted by molar-refractivity contribution is 9.09. The third-order valence-electron chi connectivity index (χ3n) is 3.01. The molecule has 0 radical (unpaired) electrons.